The molecular formula is C24H22N2O2. The van der Waals surface area contributed by atoms with Crippen LogP contribution in [-0.2, 0) is 11.2 Å². The molecule has 3 aromatic rings. The largest absolute Gasteiger partial charge is 0.352 e. The Morgan fingerprint density at radius 3 is 2.29 bits per heavy atom. The van der Waals surface area contributed by atoms with Crippen LogP contribution in [0.2, 0.25) is 0 Å². The molecule has 0 saturated carbocycles. The van der Waals surface area contributed by atoms with Gasteiger partial charge in [-0.25, -0.2) is 0 Å². The summed E-state index contributed by atoms with van der Waals surface area (Å²) in [6.45, 7) is 0.555. The molecule has 0 fully saturated rings. The molecule has 0 aromatic heterocycles. The van der Waals surface area contributed by atoms with Crippen molar-refractivity contribution in [2.75, 3.05) is 11.9 Å². The number of rotatable bonds is 7. The Labute approximate surface area is 164 Å². The predicted octanol–water partition coefficient (Wildman–Crippen LogP) is 4.31. The zero-order chi connectivity index (χ0) is 19.6. The van der Waals surface area contributed by atoms with Crippen LogP contribution in [0.5, 0.6) is 0 Å². The van der Waals surface area contributed by atoms with Crippen LogP contribution in [0.3, 0.4) is 0 Å². The molecule has 4 heteroatoms. The van der Waals surface area contributed by atoms with Gasteiger partial charge in [0, 0.05) is 23.9 Å². The second kappa shape index (κ2) is 9.88. The van der Waals surface area contributed by atoms with Gasteiger partial charge in [-0.3, -0.25) is 9.59 Å². The Morgan fingerprint density at radius 1 is 0.821 bits per heavy atom. The van der Waals surface area contributed by atoms with E-state index in [9.17, 15) is 9.59 Å². The van der Waals surface area contributed by atoms with E-state index in [2.05, 4.69) is 10.6 Å². The molecule has 140 valence electrons. The lowest BCUT2D eigenvalue weighted by Crippen LogP contribution is -2.25. The number of nitrogens with one attached hydrogen (secondary N) is 2. The fourth-order valence-corrected chi connectivity index (χ4v) is 2.73. The van der Waals surface area contributed by atoms with Gasteiger partial charge in [0.15, 0.2) is 0 Å². The first-order valence-corrected chi connectivity index (χ1v) is 9.17. The zero-order valence-electron chi connectivity index (χ0n) is 15.5. The number of carbonyl (C=O) groups excluding carboxylic acids is 2. The van der Waals surface area contributed by atoms with E-state index in [1.807, 2.05) is 60.7 Å². The van der Waals surface area contributed by atoms with Gasteiger partial charge in [-0.2, -0.15) is 0 Å². The molecule has 0 unspecified atom stereocenters. The Morgan fingerprint density at radius 2 is 1.54 bits per heavy atom. The van der Waals surface area contributed by atoms with Gasteiger partial charge in [0.25, 0.3) is 5.91 Å². The molecule has 4 nitrogen and oxygen atoms in total. The van der Waals surface area contributed by atoms with Gasteiger partial charge >= 0.3 is 0 Å². The summed E-state index contributed by atoms with van der Waals surface area (Å²) in [6.07, 6.45) is 3.99. The number of hydrogen-bond acceptors (Lipinski definition) is 2. The van der Waals surface area contributed by atoms with Crippen molar-refractivity contribution in [3.8, 4) is 0 Å². The van der Waals surface area contributed by atoms with Crippen molar-refractivity contribution in [3.63, 3.8) is 0 Å². The highest BCUT2D eigenvalue weighted by Crippen LogP contribution is 2.11. The summed E-state index contributed by atoms with van der Waals surface area (Å²) in [5.74, 6) is -0.405. The Bertz CT molecular complexity index is 951. The van der Waals surface area contributed by atoms with Crippen molar-refractivity contribution in [2.24, 2.45) is 0 Å². The maximum atomic E-state index is 12.3. The third-order valence-electron chi connectivity index (χ3n) is 4.16. The van der Waals surface area contributed by atoms with Crippen LogP contribution >= 0.6 is 0 Å². The molecule has 0 aliphatic rings. The molecule has 3 aromatic carbocycles. The molecule has 0 spiro atoms. The summed E-state index contributed by atoms with van der Waals surface area (Å²) in [5.41, 5.74) is 3.22. The highest BCUT2D eigenvalue weighted by molar-refractivity contribution is 6.03. The summed E-state index contributed by atoms with van der Waals surface area (Å²) in [4.78, 5) is 24.4. The molecule has 0 heterocycles. The van der Waals surface area contributed by atoms with Gasteiger partial charge in [0.2, 0.25) is 5.91 Å². The van der Waals surface area contributed by atoms with Crippen LogP contribution in [0.15, 0.2) is 91.0 Å². The quantitative estimate of drug-likeness (QED) is 0.609. The first-order valence-electron chi connectivity index (χ1n) is 9.17. The van der Waals surface area contributed by atoms with Crippen molar-refractivity contribution < 1.29 is 9.59 Å². The van der Waals surface area contributed by atoms with Crippen molar-refractivity contribution >= 4 is 23.6 Å². The second-order valence-corrected chi connectivity index (χ2v) is 6.31. The van der Waals surface area contributed by atoms with Crippen LogP contribution in [-0.4, -0.2) is 18.4 Å². The minimum atomic E-state index is -0.245. The monoisotopic (exact) mass is 370 g/mol. The SMILES string of the molecule is O=C(/C=C/c1ccccc1)Nc1cccc(C(=O)NCCc2ccccc2)c1. The van der Waals surface area contributed by atoms with Crippen LogP contribution in [0.25, 0.3) is 6.08 Å². The van der Waals surface area contributed by atoms with Gasteiger partial charge in [0.1, 0.15) is 0 Å². The maximum absolute atomic E-state index is 12.3. The van der Waals surface area contributed by atoms with E-state index in [4.69, 9.17) is 0 Å². The minimum Gasteiger partial charge on any atom is -0.352 e. The molecule has 0 aliphatic carbocycles. The number of amides is 2. The van der Waals surface area contributed by atoms with Crippen molar-refractivity contribution in [3.05, 3.63) is 108 Å². The molecule has 2 N–H and O–H groups in total. The van der Waals surface area contributed by atoms with Gasteiger partial charge < -0.3 is 10.6 Å². The Hall–Kier alpha value is -3.66. The lowest BCUT2D eigenvalue weighted by Gasteiger charge is -2.08. The average molecular weight is 370 g/mol. The van der Waals surface area contributed by atoms with E-state index >= 15 is 0 Å². The molecule has 2 amide bonds. The first kappa shape index (κ1) is 19.1. The lowest BCUT2D eigenvalue weighted by molar-refractivity contribution is -0.111. The summed E-state index contributed by atoms with van der Waals surface area (Å²) < 4.78 is 0. The van der Waals surface area contributed by atoms with Crippen molar-refractivity contribution in [1.29, 1.82) is 0 Å². The van der Waals surface area contributed by atoms with E-state index in [0.29, 0.717) is 17.8 Å². The molecule has 28 heavy (non-hydrogen) atoms. The van der Waals surface area contributed by atoms with Gasteiger partial charge in [-0.05, 0) is 41.8 Å². The fraction of sp³-hybridized carbons (Fsp3) is 0.0833. The zero-order valence-corrected chi connectivity index (χ0v) is 15.5. The molecule has 0 saturated heterocycles. The summed E-state index contributed by atoms with van der Waals surface area (Å²) >= 11 is 0. The van der Waals surface area contributed by atoms with E-state index < -0.39 is 0 Å². The predicted molar refractivity (Wildman–Crippen MR) is 113 cm³/mol. The van der Waals surface area contributed by atoms with E-state index in [1.54, 1.807) is 30.3 Å². The van der Waals surface area contributed by atoms with Crippen LogP contribution in [0, 0.1) is 0 Å². The molecule has 0 bridgehead atoms. The van der Waals surface area contributed by atoms with Gasteiger partial charge in [0.05, 0.1) is 0 Å². The lowest BCUT2D eigenvalue weighted by atomic mass is 10.1. The molecular weight excluding hydrogens is 348 g/mol. The summed E-state index contributed by atoms with van der Waals surface area (Å²) in [5, 5.41) is 5.69. The topological polar surface area (TPSA) is 58.2 Å². The van der Waals surface area contributed by atoms with Crippen molar-refractivity contribution in [2.45, 2.75) is 6.42 Å². The van der Waals surface area contributed by atoms with Gasteiger partial charge in [-0.1, -0.05) is 66.7 Å². The van der Waals surface area contributed by atoms with Crippen LogP contribution in [0.4, 0.5) is 5.69 Å². The minimum absolute atomic E-state index is 0.160. The van der Waals surface area contributed by atoms with Crippen LogP contribution in [0.1, 0.15) is 21.5 Å². The standard InChI is InChI=1S/C24H22N2O2/c27-23(15-14-19-8-3-1-4-9-19)26-22-13-7-12-21(18-22)24(28)25-17-16-20-10-5-2-6-11-20/h1-15,18H,16-17H2,(H,25,28)(H,26,27)/b15-14+. The number of hydrogen-bond donors (Lipinski definition) is 2. The third-order valence-corrected chi connectivity index (χ3v) is 4.16. The normalized spacial score (nSPS) is 10.6. The molecule has 0 radical (unpaired) electrons. The Kier molecular flexibility index (Phi) is 6.74. The molecule has 0 aliphatic heterocycles. The number of carbonyl (C=O) groups is 2. The molecule has 3 rings (SSSR count). The van der Waals surface area contributed by atoms with E-state index in [-0.39, 0.29) is 11.8 Å². The van der Waals surface area contributed by atoms with E-state index in [0.717, 1.165) is 12.0 Å². The summed E-state index contributed by atoms with van der Waals surface area (Å²) in [7, 11) is 0. The number of anilines is 1. The third kappa shape index (κ3) is 5.95. The van der Waals surface area contributed by atoms with Crippen LogP contribution < -0.4 is 10.6 Å². The van der Waals surface area contributed by atoms with E-state index in [1.165, 1.54) is 11.6 Å². The second-order valence-electron chi connectivity index (χ2n) is 6.31. The summed E-state index contributed by atoms with van der Waals surface area (Å²) in [6, 6.07) is 26.5. The first-order chi connectivity index (χ1) is 13.7. The van der Waals surface area contributed by atoms with Crippen molar-refractivity contribution in [1.82, 2.24) is 5.32 Å². The smallest absolute Gasteiger partial charge is 0.251 e. The number of benzene rings is 3. The maximum Gasteiger partial charge on any atom is 0.251 e. The van der Waals surface area contributed by atoms with Gasteiger partial charge in [-0.15, -0.1) is 0 Å². The molecule has 0 atom stereocenters. The highest BCUT2D eigenvalue weighted by Gasteiger charge is 2.07. The average Bonchev–Trinajstić information content (AvgIpc) is 2.74. The highest BCUT2D eigenvalue weighted by atomic mass is 16.2. The fourth-order valence-electron chi connectivity index (χ4n) is 2.73. The Balaban J connectivity index is 1.53.